The van der Waals surface area contributed by atoms with Gasteiger partial charge in [-0.05, 0) is 34.7 Å². The lowest BCUT2D eigenvalue weighted by molar-refractivity contribution is -0.707. The summed E-state index contributed by atoms with van der Waals surface area (Å²) in [6.07, 6.45) is -1.20. The summed E-state index contributed by atoms with van der Waals surface area (Å²) >= 11 is 0. The summed E-state index contributed by atoms with van der Waals surface area (Å²) in [4.78, 5) is 12.4. The summed E-state index contributed by atoms with van der Waals surface area (Å²) in [5, 5.41) is 5.07. The number of amides is 1. The molecule has 6 heteroatoms. The van der Waals surface area contributed by atoms with Gasteiger partial charge in [-0.25, -0.2) is 4.79 Å². The van der Waals surface area contributed by atoms with E-state index >= 15 is 0 Å². The average molecular weight is 474 g/mol. The van der Waals surface area contributed by atoms with Crippen LogP contribution in [0, 0.1) is 0 Å². The minimum Gasteiger partial charge on any atom is -0.441 e. The van der Waals surface area contributed by atoms with Crippen molar-refractivity contribution in [3.63, 3.8) is 0 Å². The van der Waals surface area contributed by atoms with Crippen molar-refractivity contribution in [3.05, 3.63) is 90.0 Å². The quantitative estimate of drug-likeness (QED) is 0.536. The lowest BCUT2D eigenvalue weighted by Gasteiger charge is -2.17. The van der Waals surface area contributed by atoms with Gasteiger partial charge < -0.3 is 19.5 Å². The number of nitrogens with one attached hydrogen (secondary N) is 1. The Labute approximate surface area is 206 Å². The fourth-order valence-electron chi connectivity index (χ4n) is 4.78. The van der Waals surface area contributed by atoms with Gasteiger partial charge in [-0.1, -0.05) is 80.6 Å². The molecule has 4 atom stereocenters. The minimum absolute atomic E-state index is 0.0817. The van der Waals surface area contributed by atoms with E-state index in [1.54, 1.807) is 0 Å². The van der Waals surface area contributed by atoms with Crippen molar-refractivity contribution in [2.45, 2.75) is 50.7 Å². The number of fused-ring (bicyclic) bond motifs is 1. The van der Waals surface area contributed by atoms with E-state index in [0.717, 1.165) is 6.54 Å². The lowest BCUT2D eigenvalue weighted by Crippen LogP contribution is -2.91. The smallest absolute Gasteiger partial charge is 0.412 e. The zero-order valence-corrected chi connectivity index (χ0v) is 20.2. The highest BCUT2D eigenvalue weighted by Gasteiger charge is 2.51. The lowest BCUT2D eigenvalue weighted by atomic mass is 10.0. The number of anilines is 1. The van der Waals surface area contributed by atoms with Crippen LogP contribution in [0.1, 0.15) is 30.9 Å². The third-order valence-corrected chi connectivity index (χ3v) is 6.85. The Morgan fingerprint density at radius 1 is 0.914 bits per heavy atom. The van der Waals surface area contributed by atoms with Crippen LogP contribution in [0.4, 0.5) is 10.5 Å². The zero-order valence-electron chi connectivity index (χ0n) is 20.2. The first-order valence-electron chi connectivity index (χ1n) is 12.4. The normalized spacial score (nSPS) is 23.3. The highest BCUT2D eigenvalue weighted by Crippen LogP contribution is 2.28. The van der Waals surface area contributed by atoms with Crippen molar-refractivity contribution < 1.29 is 24.3 Å². The third kappa shape index (κ3) is 5.56. The van der Waals surface area contributed by atoms with Crippen molar-refractivity contribution in [1.29, 1.82) is 0 Å². The molecule has 3 aromatic rings. The molecule has 182 valence electrons. The SMILES string of the molecule is CC(C)c1ccc(NC(=O)O[C@@H]2CO[C@H]3[C@@H]2OC[C@@H]3[NH2+]Cc2ccc(-c3ccccc3)cc2)cc1. The largest absolute Gasteiger partial charge is 0.441 e. The van der Waals surface area contributed by atoms with E-state index in [1.165, 1.54) is 22.3 Å². The number of benzene rings is 3. The van der Waals surface area contributed by atoms with Gasteiger partial charge in [0.05, 0.1) is 6.61 Å². The van der Waals surface area contributed by atoms with Gasteiger partial charge in [0.15, 0.2) is 6.10 Å². The van der Waals surface area contributed by atoms with Crippen LogP contribution in [0.25, 0.3) is 11.1 Å². The standard InChI is InChI=1S/C29H32N2O4/c1-19(2)21-12-14-24(15-13-21)31-29(32)35-26-18-34-27-25(17-33-28(26)27)30-16-20-8-10-23(11-9-20)22-6-4-3-5-7-22/h3-15,19,25-28,30H,16-18H2,1-2H3,(H,31,32)/p+1/t25-,26+,27+,28+/m0/s1. The Bertz CT molecular complexity index is 1120. The van der Waals surface area contributed by atoms with Crippen LogP contribution in [0.3, 0.4) is 0 Å². The van der Waals surface area contributed by atoms with E-state index in [0.29, 0.717) is 24.8 Å². The van der Waals surface area contributed by atoms with Crippen LogP contribution >= 0.6 is 0 Å². The van der Waals surface area contributed by atoms with Crippen molar-refractivity contribution >= 4 is 11.8 Å². The molecule has 0 radical (unpaired) electrons. The minimum atomic E-state index is -0.480. The Morgan fingerprint density at radius 2 is 1.60 bits per heavy atom. The number of quaternary nitrogens is 1. The molecule has 6 nitrogen and oxygen atoms in total. The molecule has 0 spiro atoms. The van der Waals surface area contributed by atoms with Crippen LogP contribution in [-0.4, -0.2) is 43.7 Å². The molecule has 2 heterocycles. The third-order valence-electron chi connectivity index (χ3n) is 6.85. The molecular formula is C29H33N2O4+. The van der Waals surface area contributed by atoms with Gasteiger partial charge in [0.25, 0.3) is 0 Å². The van der Waals surface area contributed by atoms with Crippen molar-refractivity contribution in [1.82, 2.24) is 0 Å². The van der Waals surface area contributed by atoms with Gasteiger partial charge in [0.2, 0.25) is 0 Å². The molecule has 3 aromatic carbocycles. The van der Waals surface area contributed by atoms with E-state index < -0.39 is 12.2 Å². The maximum atomic E-state index is 12.4. The first-order valence-corrected chi connectivity index (χ1v) is 12.4. The summed E-state index contributed by atoms with van der Waals surface area (Å²) in [6, 6.07) is 27.1. The molecule has 0 unspecified atom stereocenters. The second-order valence-corrected chi connectivity index (χ2v) is 9.61. The van der Waals surface area contributed by atoms with Gasteiger partial charge in [0, 0.05) is 11.3 Å². The fourth-order valence-corrected chi connectivity index (χ4v) is 4.78. The Kier molecular flexibility index (Phi) is 7.13. The van der Waals surface area contributed by atoms with E-state index in [2.05, 4.69) is 73.0 Å². The Morgan fingerprint density at radius 3 is 2.31 bits per heavy atom. The molecule has 2 aliphatic heterocycles. The second kappa shape index (κ2) is 10.6. The van der Waals surface area contributed by atoms with Gasteiger partial charge >= 0.3 is 6.09 Å². The highest BCUT2D eigenvalue weighted by atomic mass is 16.6. The summed E-state index contributed by atoms with van der Waals surface area (Å²) in [5.41, 5.74) is 5.63. The average Bonchev–Trinajstić information content (AvgIpc) is 3.47. The van der Waals surface area contributed by atoms with Gasteiger partial charge in [-0.3, -0.25) is 5.32 Å². The summed E-state index contributed by atoms with van der Waals surface area (Å²) in [5.74, 6) is 0.446. The molecule has 2 aliphatic rings. The molecule has 3 N–H and O–H groups in total. The summed E-state index contributed by atoms with van der Waals surface area (Å²) in [7, 11) is 0. The summed E-state index contributed by atoms with van der Waals surface area (Å²) in [6.45, 7) is 6.05. The molecule has 0 aromatic heterocycles. The van der Waals surface area contributed by atoms with Crippen molar-refractivity contribution in [2.24, 2.45) is 0 Å². The number of carbonyl (C=O) groups excluding carboxylic acids is 1. The van der Waals surface area contributed by atoms with Gasteiger partial charge in [-0.15, -0.1) is 0 Å². The van der Waals surface area contributed by atoms with Gasteiger partial charge in [0.1, 0.15) is 31.4 Å². The van der Waals surface area contributed by atoms with E-state index in [4.69, 9.17) is 14.2 Å². The number of ether oxygens (including phenoxy) is 3. The van der Waals surface area contributed by atoms with Crippen LogP contribution in [0.2, 0.25) is 0 Å². The predicted octanol–water partition coefficient (Wildman–Crippen LogP) is 4.32. The second-order valence-electron chi connectivity index (χ2n) is 9.61. The predicted molar refractivity (Wildman–Crippen MR) is 135 cm³/mol. The number of nitrogens with two attached hydrogens (primary N) is 1. The van der Waals surface area contributed by atoms with Gasteiger partial charge in [-0.2, -0.15) is 0 Å². The van der Waals surface area contributed by atoms with E-state index in [1.807, 2.05) is 30.3 Å². The number of hydrogen-bond acceptors (Lipinski definition) is 4. The fraction of sp³-hybridized carbons (Fsp3) is 0.345. The van der Waals surface area contributed by atoms with E-state index in [-0.39, 0.29) is 18.2 Å². The van der Waals surface area contributed by atoms with Crippen molar-refractivity contribution in [3.8, 4) is 11.1 Å². The molecular weight excluding hydrogens is 440 g/mol. The molecule has 0 bridgehead atoms. The summed E-state index contributed by atoms with van der Waals surface area (Å²) < 4.78 is 17.7. The first kappa shape index (κ1) is 23.5. The van der Waals surface area contributed by atoms with Crippen molar-refractivity contribution in [2.75, 3.05) is 18.5 Å². The molecule has 2 saturated heterocycles. The molecule has 5 rings (SSSR count). The number of carbonyl (C=O) groups is 1. The van der Waals surface area contributed by atoms with Crippen LogP contribution in [0.15, 0.2) is 78.9 Å². The van der Waals surface area contributed by atoms with Crippen LogP contribution < -0.4 is 10.6 Å². The van der Waals surface area contributed by atoms with Crippen LogP contribution in [0.5, 0.6) is 0 Å². The maximum Gasteiger partial charge on any atom is 0.412 e. The molecule has 2 fully saturated rings. The number of hydrogen-bond donors (Lipinski definition) is 2. The molecule has 0 aliphatic carbocycles. The number of rotatable bonds is 7. The zero-order chi connectivity index (χ0) is 24.2. The highest BCUT2D eigenvalue weighted by molar-refractivity contribution is 5.84. The van der Waals surface area contributed by atoms with E-state index in [9.17, 15) is 4.79 Å². The monoisotopic (exact) mass is 473 g/mol. The topological polar surface area (TPSA) is 73.4 Å². The Balaban J connectivity index is 1.10. The Hall–Kier alpha value is -3.19. The first-order chi connectivity index (χ1) is 17.1. The molecule has 1 amide bonds. The molecule has 35 heavy (non-hydrogen) atoms. The molecule has 0 saturated carbocycles. The van der Waals surface area contributed by atoms with Crippen LogP contribution in [-0.2, 0) is 20.8 Å². The maximum absolute atomic E-state index is 12.4.